The predicted octanol–water partition coefficient (Wildman–Crippen LogP) is 0.934. The van der Waals surface area contributed by atoms with Gasteiger partial charge in [-0.05, 0) is 6.07 Å². The van der Waals surface area contributed by atoms with Crippen LogP contribution >= 0.6 is 0 Å². The van der Waals surface area contributed by atoms with Gasteiger partial charge in [0.2, 0.25) is 0 Å². The second-order valence-electron chi connectivity index (χ2n) is 3.92. The molecule has 1 aliphatic rings. The van der Waals surface area contributed by atoms with Gasteiger partial charge in [0.05, 0.1) is 26.4 Å². The Balaban J connectivity index is 2.14. The van der Waals surface area contributed by atoms with E-state index in [2.05, 4.69) is 16.0 Å². The lowest BCUT2D eigenvalue weighted by Gasteiger charge is -2.30. The molecule has 0 bridgehead atoms. The van der Waals surface area contributed by atoms with E-state index in [9.17, 15) is 0 Å². The molecule has 1 N–H and O–H groups in total. The van der Waals surface area contributed by atoms with E-state index in [1.165, 1.54) is 5.69 Å². The zero-order valence-electron chi connectivity index (χ0n) is 9.88. The zero-order chi connectivity index (χ0) is 11.9. The van der Waals surface area contributed by atoms with E-state index in [-0.39, 0.29) is 6.61 Å². The van der Waals surface area contributed by atoms with Crippen molar-refractivity contribution in [1.82, 2.24) is 0 Å². The first-order chi connectivity index (χ1) is 8.42. The highest BCUT2D eigenvalue weighted by atomic mass is 16.5. The second-order valence-corrected chi connectivity index (χ2v) is 3.92. The third kappa shape index (κ3) is 3.28. The summed E-state index contributed by atoms with van der Waals surface area (Å²) in [6.45, 7) is 3.95. The van der Waals surface area contributed by atoms with Crippen molar-refractivity contribution in [3.8, 4) is 0 Å². The summed E-state index contributed by atoms with van der Waals surface area (Å²) in [5.74, 6) is 0. The molecule has 1 aromatic carbocycles. The summed E-state index contributed by atoms with van der Waals surface area (Å²) >= 11 is 0. The number of hydrogen-bond donors (Lipinski definition) is 1. The molecule has 1 aromatic rings. The van der Waals surface area contributed by atoms with Gasteiger partial charge in [0.15, 0.2) is 0 Å². The number of aliphatic hydroxyl groups is 1. The van der Waals surface area contributed by atoms with Crippen molar-refractivity contribution < 1.29 is 9.84 Å². The van der Waals surface area contributed by atoms with Crippen LogP contribution in [0.5, 0.6) is 0 Å². The number of nitrogens with zero attached hydrogens (tertiary/aromatic N) is 2. The molecule has 1 fully saturated rings. The van der Waals surface area contributed by atoms with Gasteiger partial charge in [-0.15, -0.1) is 0 Å². The number of aliphatic imine (C=N–C) groups is 1. The molecule has 0 radical (unpaired) electrons. The quantitative estimate of drug-likeness (QED) is 0.788. The maximum atomic E-state index is 8.72. The van der Waals surface area contributed by atoms with E-state index in [1.807, 2.05) is 24.4 Å². The minimum absolute atomic E-state index is 0.0935. The van der Waals surface area contributed by atoms with Crippen LogP contribution in [0.1, 0.15) is 5.56 Å². The van der Waals surface area contributed by atoms with Gasteiger partial charge in [-0.3, -0.25) is 4.99 Å². The molecule has 4 nitrogen and oxygen atoms in total. The van der Waals surface area contributed by atoms with E-state index in [4.69, 9.17) is 9.84 Å². The maximum absolute atomic E-state index is 8.72. The normalized spacial score (nSPS) is 16.6. The molecule has 17 heavy (non-hydrogen) atoms. The van der Waals surface area contributed by atoms with Gasteiger partial charge >= 0.3 is 0 Å². The fourth-order valence-corrected chi connectivity index (χ4v) is 1.91. The first-order valence-electron chi connectivity index (χ1n) is 5.94. The average molecular weight is 234 g/mol. The van der Waals surface area contributed by atoms with E-state index in [1.54, 1.807) is 0 Å². The monoisotopic (exact) mass is 234 g/mol. The van der Waals surface area contributed by atoms with Crippen LogP contribution in [0.25, 0.3) is 0 Å². The van der Waals surface area contributed by atoms with Gasteiger partial charge in [-0.2, -0.15) is 0 Å². The molecule has 0 spiro atoms. The van der Waals surface area contributed by atoms with Gasteiger partial charge in [0.1, 0.15) is 0 Å². The molecule has 0 amide bonds. The van der Waals surface area contributed by atoms with Crippen LogP contribution in [-0.2, 0) is 4.74 Å². The van der Waals surface area contributed by atoms with E-state index in [0.717, 1.165) is 31.9 Å². The number of rotatable bonds is 4. The summed E-state index contributed by atoms with van der Waals surface area (Å²) in [4.78, 5) is 6.49. The molecule has 1 saturated heterocycles. The fourth-order valence-electron chi connectivity index (χ4n) is 1.91. The molecule has 4 heteroatoms. The van der Waals surface area contributed by atoms with Crippen molar-refractivity contribution in [2.75, 3.05) is 44.4 Å². The lowest BCUT2D eigenvalue weighted by atomic mass is 10.1. The third-order valence-corrected chi connectivity index (χ3v) is 2.75. The Bertz CT molecular complexity index is 373. The van der Waals surface area contributed by atoms with E-state index in [0.29, 0.717) is 6.54 Å². The Labute approximate surface area is 102 Å². The molecule has 0 aliphatic carbocycles. The van der Waals surface area contributed by atoms with Crippen LogP contribution in [0.3, 0.4) is 0 Å². The average Bonchev–Trinajstić information content (AvgIpc) is 2.41. The molecule has 0 aromatic heterocycles. The summed E-state index contributed by atoms with van der Waals surface area (Å²) in [7, 11) is 0. The van der Waals surface area contributed by atoms with Crippen molar-refractivity contribution in [3.05, 3.63) is 29.8 Å². The summed E-state index contributed by atoms with van der Waals surface area (Å²) < 4.78 is 5.35. The standard InChI is InChI=1S/C13H18N2O2/c16-8-5-14-11-12-3-1-2-4-13(12)15-6-9-17-10-7-15/h1-4,11,16H,5-10H2. The highest BCUT2D eigenvalue weighted by Crippen LogP contribution is 2.19. The predicted molar refractivity (Wildman–Crippen MR) is 69.0 cm³/mol. The molecular formula is C13H18N2O2. The van der Waals surface area contributed by atoms with Crippen LogP contribution < -0.4 is 4.90 Å². The Morgan fingerprint density at radius 2 is 2.06 bits per heavy atom. The molecule has 92 valence electrons. The number of para-hydroxylation sites is 1. The summed E-state index contributed by atoms with van der Waals surface area (Å²) in [6.07, 6.45) is 1.83. The molecule has 1 heterocycles. The van der Waals surface area contributed by atoms with Crippen LogP contribution in [0.15, 0.2) is 29.3 Å². The largest absolute Gasteiger partial charge is 0.394 e. The number of benzene rings is 1. The lowest BCUT2D eigenvalue weighted by molar-refractivity contribution is 0.122. The van der Waals surface area contributed by atoms with E-state index < -0.39 is 0 Å². The highest BCUT2D eigenvalue weighted by molar-refractivity contribution is 5.88. The van der Waals surface area contributed by atoms with Crippen molar-refractivity contribution in [1.29, 1.82) is 0 Å². The molecular weight excluding hydrogens is 216 g/mol. The second kappa shape index (κ2) is 6.37. The Kier molecular flexibility index (Phi) is 4.53. The molecule has 0 unspecified atom stereocenters. The first-order valence-corrected chi connectivity index (χ1v) is 5.94. The van der Waals surface area contributed by atoms with Gasteiger partial charge in [0.25, 0.3) is 0 Å². The summed E-state index contributed by atoms with van der Waals surface area (Å²) in [5.41, 5.74) is 2.29. The van der Waals surface area contributed by atoms with Gasteiger partial charge in [0, 0.05) is 30.6 Å². The van der Waals surface area contributed by atoms with Crippen LogP contribution in [0, 0.1) is 0 Å². The minimum atomic E-state index is 0.0935. The number of anilines is 1. The summed E-state index contributed by atoms with van der Waals surface area (Å²) in [5, 5.41) is 8.72. The minimum Gasteiger partial charge on any atom is -0.394 e. The Morgan fingerprint density at radius 1 is 1.29 bits per heavy atom. The van der Waals surface area contributed by atoms with Gasteiger partial charge in [-0.1, -0.05) is 18.2 Å². The molecule has 0 saturated carbocycles. The smallest absolute Gasteiger partial charge is 0.0642 e. The number of hydrogen-bond acceptors (Lipinski definition) is 4. The Morgan fingerprint density at radius 3 is 2.82 bits per heavy atom. The molecule has 1 aliphatic heterocycles. The van der Waals surface area contributed by atoms with Crippen LogP contribution in [-0.4, -0.2) is 50.8 Å². The van der Waals surface area contributed by atoms with Gasteiger partial charge < -0.3 is 14.7 Å². The van der Waals surface area contributed by atoms with Crippen molar-refractivity contribution in [2.45, 2.75) is 0 Å². The lowest BCUT2D eigenvalue weighted by Crippen LogP contribution is -2.36. The highest BCUT2D eigenvalue weighted by Gasteiger charge is 2.13. The van der Waals surface area contributed by atoms with Crippen LogP contribution in [0.2, 0.25) is 0 Å². The van der Waals surface area contributed by atoms with Crippen molar-refractivity contribution >= 4 is 11.9 Å². The van der Waals surface area contributed by atoms with Crippen molar-refractivity contribution in [3.63, 3.8) is 0 Å². The SMILES string of the molecule is OCCN=Cc1ccccc1N1CCOCC1. The van der Waals surface area contributed by atoms with Gasteiger partial charge in [-0.25, -0.2) is 0 Å². The number of ether oxygens (including phenoxy) is 1. The first kappa shape index (κ1) is 12.1. The van der Waals surface area contributed by atoms with Crippen LogP contribution in [0.4, 0.5) is 5.69 Å². The fraction of sp³-hybridized carbons (Fsp3) is 0.462. The number of morpholine rings is 1. The van der Waals surface area contributed by atoms with Crippen molar-refractivity contribution in [2.24, 2.45) is 4.99 Å². The third-order valence-electron chi connectivity index (χ3n) is 2.75. The summed E-state index contributed by atoms with van der Waals surface area (Å²) in [6, 6.07) is 8.19. The van der Waals surface area contributed by atoms with E-state index >= 15 is 0 Å². The zero-order valence-corrected chi connectivity index (χ0v) is 9.88. The molecule has 0 atom stereocenters. The number of aliphatic hydroxyl groups excluding tert-OH is 1. The Hall–Kier alpha value is -1.39. The molecule has 2 rings (SSSR count). The maximum Gasteiger partial charge on any atom is 0.0642 e. The topological polar surface area (TPSA) is 45.1 Å².